The highest BCUT2D eigenvalue weighted by Crippen LogP contribution is 2.44. The molecule has 0 aliphatic heterocycles. The second kappa shape index (κ2) is 5.52. The average molecular weight is 336 g/mol. The van der Waals surface area contributed by atoms with Crippen molar-refractivity contribution in [3.63, 3.8) is 0 Å². The van der Waals surface area contributed by atoms with Gasteiger partial charge in [0, 0.05) is 19.5 Å². The van der Waals surface area contributed by atoms with Gasteiger partial charge in [-0.1, -0.05) is 6.92 Å². The molecule has 0 saturated heterocycles. The van der Waals surface area contributed by atoms with Crippen molar-refractivity contribution in [3.8, 4) is 11.5 Å². The van der Waals surface area contributed by atoms with E-state index in [0.29, 0.717) is 5.92 Å². The number of imidazole rings is 1. The third-order valence-electron chi connectivity index (χ3n) is 3.48. The molecule has 1 saturated carbocycles. The molecule has 0 unspecified atom stereocenters. The summed E-state index contributed by atoms with van der Waals surface area (Å²) in [7, 11) is 1.89. The SMILES string of the molecule is CCCn1cncc1-c1nc(NC)c(Br)c(C2CC2)n1. The van der Waals surface area contributed by atoms with Gasteiger partial charge in [-0.3, -0.25) is 0 Å². The Morgan fingerprint density at radius 3 is 2.85 bits per heavy atom. The molecule has 106 valence electrons. The highest BCUT2D eigenvalue weighted by Gasteiger charge is 2.29. The standard InChI is InChI=1S/C14H18BrN5/c1-3-6-20-8-17-7-10(20)13-18-12(9-4-5-9)11(15)14(16-2)19-13/h7-9H,3-6H2,1-2H3,(H,16,18,19). The molecule has 0 spiro atoms. The van der Waals surface area contributed by atoms with Crippen molar-refractivity contribution in [2.24, 2.45) is 0 Å². The molecular weight excluding hydrogens is 318 g/mol. The minimum Gasteiger partial charge on any atom is -0.372 e. The lowest BCUT2D eigenvalue weighted by molar-refractivity contribution is 0.681. The molecule has 2 aromatic rings. The number of anilines is 1. The minimum absolute atomic E-state index is 0.570. The van der Waals surface area contributed by atoms with Crippen molar-refractivity contribution in [1.82, 2.24) is 19.5 Å². The lowest BCUT2D eigenvalue weighted by atomic mass is 10.2. The van der Waals surface area contributed by atoms with Crippen molar-refractivity contribution in [3.05, 3.63) is 22.7 Å². The molecule has 0 amide bonds. The monoisotopic (exact) mass is 335 g/mol. The Bertz CT molecular complexity index is 618. The first-order valence-corrected chi connectivity index (χ1v) is 7.79. The minimum atomic E-state index is 0.570. The van der Waals surface area contributed by atoms with E-state index in [4.69, 9.17) is 4.98 Å². The molecule has 5 nitrogen and oxygen atoms in total. The van der Waals surface area contributed by atoms with Crippen molar-refractivity contribution in [2.75, 3.05) is 12.4 Å². The van der Waals surface area contributed by atoms with Gasteiger partial charge in [-0.15, -0.1) is 0 Å². The number of nitrogens with one attached hydrogen (secondary N) is 1. The Hall–Kier alpha value is -1.43. The zero-order chi connectivity index (χ0) is 14.1. The summed E-state index contributed by atoms with van der Waals surface area (Å²) in [5.74, 6) is 2.17. The van der Waals surface area contributed by atoms with Crippen molar-refractivity contribution in [1.29, 1.82) is 0 Å². The van der Waals surface area contributed by atoms with Gasteiger partial charge in [0.15, 0.2) is 5.82 Å². The Labute approximate surface area is 127 Å². The lowest BCUT2D eigenvalue weighted by Gasteiger charge is -2.11. The van der Waals surface area contributed by atoms with Crippen LogP contribution in [0.3, 0.4) is 0 Å². The van der Waals surface area contributed by atoms with Crippen molar-refractivity contribution < 1.29 is 0 Å². The third-order valence-corrected chi connectivity index (χ3v) is 4.27. The van der Waals surface area contributed by atoms with Gasteiger partial charge >= 0.3 is 0 Å². The van der Waals surface area contributed by atoms with E-state index in [1.54, 1.807) is 0 Å². The van der Waals surface area contributed by atoms with E-state index in [2.05, 4.69) is 42.7 Å². The van der Waals surface area contributed by atoms with E-state index in [0.717, 1.165) is 40.5 Å². The zero-order valence-electron chi connectivity index (χ0n) is 11.7. The molecule has 0 aromatic carbocycles. The van der Waals surface area contributed by atoms with Crippen LogP contribution in [0.25, 0.3) is 11.5 Å². The van der Waals surface area contributed by atoms with Gasteiger partial charge < -0.3 is 9.88 Å². The normalized spacial score (nSPS) is 14.6. The Morgan fingerprint density at radius 2 is 2.20 bits per heavy atom. The molecular formula is C14H18BrN5. The van der Waals surface area contributed by atoms with E-state index in [9.17, 15) is 0 Å². The number of hydrogen-bond acceptors (Lipinski definition) is 4. The molecule has 0 radical (unpaired) electrons. The fourth-order valence-electron chi connectivity index (χ4n) is 2.30. The second-order valence-corrected chi connectivity index (χ2v) is 5.88. The molecule has 6 heteroatoms. The van der Waals surface area contributed by atoms with Crippen LogP contribution in [-0.4, -0.2) is 26.6 Å². The van der Waals surface area contributed by atoms with Crippen molar-refractivity contribution in [2.45, 2.75) is 38.6 Å². The molecule has 0 atom stereocenters. The second-order valence-electron chi connectivity index (χ2n) is 5.09. The number of hydrogen-bond donors (Lipinski definition) is 1. The van der Waals surface area contributed by atoms with E-state index < -0.39 is 0 Å². The highest BCUT2D eigenvalue weighted by molar-refractivity contribution is 9.10. The molecule has 1 aliphatic rings. The summed E-state index contributed by atoms with van der Waals surface area (Å²) in [6.07, 6.45) is 7.18. The Morgan fingerprint density at radius 1 is 1.40 bits per heavy atom. The number of rotatable bonds is 5. The zero-order valence-corrected chi connectivity index (χ0v) is 13.3. The van der Waals surface area contributed by atoms with Gasteiger partial charge in [0.25, 0.3) is 0 Å². The van der Waals surface area contributed by atoms with Crippen LogP contribution in [0.5, 0.6) is 0 Å². The van der Waals surface area contributed by atoms with Crippen LogP contribution in [0.4, 0.5) is 5.82 Å². The van der Waals surface area contributed by atoms with Gasteiger partial charge in [-0.05, 0) is 35.2 Å². The Balaban J connectivity index is 2.08. The maximum Gasteiger partial charge on any atom is 0.180 e. The summed E-state index contributed by atoms with van der Waals surface area (Å²) in [5, 5.41) is 3.14. The summed E-state index contributed by atoms with van der Waals surface area (Å²) >= 11 is 3.62. The summed E-state index contributed by atoms with van der Waals surface area (Å²) < 4.78 is 3.10. The average Bonchev–Trinajstić information content (AvgIpc) is 3.19. The first kappa shape index (κ1) is 13.5. The first-order valence-electron chi connectivity index (χ1n) is 7.00. The first-order chi connectivity index (χ1) is 9.74. The lowest BCUT2D eigenvalue weighted by Crippen LogP contribution is -2.05. The molecule has 2 aromatic heterocycles. The molecule has 2 heterocycles. The van der Waals surface area contributed by atoms with Crippen LogP contribution >= 0.6 is 15.9 Å². The largest absolute Gasteiger partial charge is 0.372 e. The van der Waals surface area contributed by atoms with E-state index in [1.165, 1.54) is 12.8 Å². The maximum atomic E-state index is 4.77. The summed E-state index contributed by atoms with van der Waals surface area (Å²) in [6, 6.07) is 0. The molecule has 1 N–H and O–H groups in total. The molecule has 3 rings (SSSR count). The van der Waals surface area contributed by atoms with E-state index in [-0.39, 0.29) is 0 Å². The quantitative estimate of drug-likeness (QED) is 0.909. The predicted molar refractivity (Wildman–Crippen MR) is 82.8 cm³/mol. The predicted octanol–water partition coefficient (Wildman–Crippen LogP) is 3.43. The van der Waals surface area contributed by atoms with Gasteiger partial charge in [0.2, 0.25) is 0 Å². The van der Waals surface area contributed by atoms with Crippen LogP contribution in [-0.2, 0) is 6.54 Å². The van der Waals surface area contributed by atoms with Crippen LogP contribution in [0.15, 0.2) is 17.0 Å². The topological polar surface area (TPSA) is 55.6 Å². The highest BCUT2D eigenvalue weighted by atomic mass is 79.9. The van der Waals surface area contributed by atoms with Crippen LogP contribution < -0.4 is 5.32 Å². The Kier molecular flexibility index (Phi) is 3.74. The molecule has 1 aliphatic carbocycles. The summed E-state index contributed by atoms with van der Waals surface area (Å²) in [4.78, 5) is 13.6. The molecule has 20 heavy (non-hydrogen) atoms. The van der Waals surface area contributed by atoms with E-state index in [1.807, 2.05) is 19.6 Å². The molecule has 0 bridgehead atoms. The smallest absolute Gasteiger partial charge is 0.180 e. The summed E-state index contributed by atoms with van der Waals surface area (Å²) in [5.41, 5.74) is 2.10. The number of nitrogens with zero attached hydrogens (tertiary/aromatic N) is 4. The number of halogens is 1. The van der Waals surface area contributed by atoms with Gasteiger partial charge in [0.1, 0.15) is 11.5 Å². The van der Waals surface area contributed by atoms with Gasteiger partial charge in [-0.25, -0.2) is 15.0 Å². The van der Waals surface area contributed by atoms with Crippen LogP contribution in [0.2, 0.25) is 0 Å². The fourth-order valence-corrected chi connectivity index (χ4v) is 3.00. The fraction of sp³-hybridized carbons (Fsp3) is 0.500. The van der Waals surface area contributed by atoms with Gasteiger partial charge in [0.05, 0.1) is 22.7 Å². The van der Waals surface area contributed by atoms with E-state index >= 15 is 0 Å². The molecule has 1 fully saturated rings. The number of aryl methyl sites for hydroxylation is 1. The third kappa shape index (κ3) is 2.44. The number of aromatic nitrogens is 4. The van der Waals surface area contributed by atoms with Crippen LogP contribution in [0, 0.1) is 0 Å². The van der Waals surface area contributed by atoms with Crippen molar-refractivity contribution >= 4 is 21.7 Å². The van der Waals surface area contributed by atoms with Gasteiger partial charge in [-0.2, -0.15) is 0 Å². The summed E-state index contributed by atoms with van der Waals surface area (Å²) in [6.45, 7) is 3.09. The maximum absolute atomic E-state index is 4.77. The van der Waals surface area contributed by atoms with Crippen LogP contribution in [0.1, 0.15) is 37.8 Å².